The van der Waals surface area contributed by atoms with Gasteiger partial charge in [-0.15, -0.1) is 0 Å². The fraction of sp³-hybridized carbons (Fsp3) is 0.688. The Bertz CT molecular complexity index is 602. The summed E-state index contributed by atoms with van der Waals surface area (Å²) in [6, 6.07) is 1.96. The van der Waals surface area contributed by atoms with Crippen LogP contribution in [-0.4, -0.2) is 39.2 Å². The van der Waals surface area contributed by atoms with E-state index < -0.39 is 0 Å². The van der Waals surface area contributed by atoms with Crippen molar-refractivity contribution in [2.24, 2.45) is 11.8 Å². The van der Waals surface area contributed by atoms with Crippen LogP contribution in [0.4, 0.5) is 0 Å². The molecular formula is C16H23N3O2S. The molecule has 3 rings (SSSR count). The molecule has 0 aromatic carbocycles. The molecule has 1 aliphatic heterocycles. The zero-order valence-electron chi connectivity index (χ0n) is 13.2. The van der Waals surface area contributed by atoms with Gasteiger partial charge in [0.1, 0.15) is 0 Å². The smallest absolute Gasteiger partial charge is 0.273 e. The Hall–Kier alpha value is -1.30. The molecular weight excluding hydrogens is 298 g/mol. The number of nitrogens with zero attached hydrogens (tertiary/aromatic N) is 3. The Kier molecular flexibility index (Phi) is 4.57. The third-order valence-electron chi connectivity index (χ3n) is 4.29. The third kappa shape index (κ3) is 3.72. The maximum atomic E-state index is 12.4. The Labute approximate surface area is 135 Å². The summed E-state index contributed by atoms with van der Waals surface area (Å²) >= 11 is 1.39. The highest BCUT2D eigenvalue weighted by molar-refractivity contribution is 7.99. The molecule has 1 aromatic heterocycles. The molecule has 2 fully saturated rings. The van der Waals surface area contributed by atoms with Gasteiger partial charge in [0.15, 0.2) is 5.16 Å². The summed E-state index contributed by atoms with van der Waals surface area (Å²) in [6.07, 6.45) is 5.27. The standard InChI is InChI=1S/C16H23N3O2S/c1-11-7-12(2)9-18(8-11)15(21)10-22-16-17-14(20)5-6-19(16)13-3-4-13/h5-6,11-13H,3-4,7-10H2,1-2H3/t11-,12-/m0/s1. The highest BCUT2D eigenvalue weighted by Gasteiger charge is 2.27. The molecule has 2 aliphatic rings. The number of amides is 1. The van der Waals surface area contributed by atoms with Crippen LogP contribution in [0.25, 0.3) is 0 Å². The number of thioether (sulfide) groups is 1. The molecule has 22 heavy (non-hydrogen) atoms. The SMILES string of the molecule is C[C@H]1C[C@H](C)CN(C(=O)CSc2nc(=O)ccn2C2CC2)C1. The van der Waals surface area contributed by atoms with Gasteiger partial charge in [-0.3, -0.25) is 9.59 Å². The minimum atomic E-state index is -0.230. The fourth-order valence-corrected chi connectivity index (χ4v) is 4.17. The average molecular weight is 321 g/mol. The zero-order chi connectivity index (χ0) is 15.7. The van der Waals surface area contributed by atoms with Gasteiger partial charge in [0, 0.05) is 31.4 Å². The molecule has 1 saturated heterocycles. The van der Waals surface area contributed by atoms with E-state index in [-0.39, 0.29) is 11.5 Å². The van der Waals surface area contributed by atoms with Gasteiger partial charge in [0.25, 0.3) is 5.56 Å². The number of rotatable bonds is 4. The molecule has 120 valence electrons. The molecule has 2 heterocycles. The summed E-state index contributed by atoms with van der Waals surface area (Å²) in [5.41, 5.74) is -0.230. The number of likely N-dealkylation sites (tertiary alicyclic amines) is 1. The second kappa shape index (κ2) is 6.44. The van der Waals surface area contributed by atoms with E-state index in [4.69, 9.17) is 0 Å². The molecule has 0 radical (unpaired) electrons. The number of piperidine rings is 1. The lowest BCUT2D eigenvalue weighted by atomic mass is 9.92. The van der Waals surface area contributed by atoms with Crippen LogP contribution in [0.15, 0.2) is 22.2 Å². The van der Waals surface area contributed by atoms with Gasteiger partial charge in [0.2, 0.25) is 5.91 Å². The van der Waals surface area contributed by atoms with Crippen LogP contribution in [0.1, 0.15) is 39.2 Å². The number of aromatic nitrogens is 2. The highest BCUT2D eigenvalue weighted by Crippen LogP contribution is 2.37. The summed E-state index contributed by atoms with van der Waals surface area (Å²) < 4.78 is 2.04. The predicted octanol–water partition coefficient (Wildman–Crippen LogP) is 2.17. The Morgan fingerprint density at radius 2 is 2.00 bits per heavy atom. The van der Waals surface area contributed by atoms with Gasteiger partial charge < -0.3 is 9.47 Å². The molecule has 0 spiro atoms. The van der Waals surface area contributed by atoms with E-state index in [1.807, 2.05) is 15.7 Å². The number of carbonyl (C=O) groups is 1. The van der Waals surface area contributed by atoms with E-state index in [2.05, 4.69) is 18.8 Å². The van der Waals surface area contributed by atoms with Crippen LogP contribution in [0.3, 0.4) is 0 Å². The first-order valence-electron chi connectivity index (χ1n) is 8.02. The molecule has 5 nitrogen and oxygen atoms in total. The van der Waals surface area contributed by atoms with Gasteiger partial charge in [-0.05, 0) is 31.1 Å². The van der Waals surface area contributed by atoms with Crippen molar-refractivity contribution in [3.8, 4) is 0 Å². The van der Waals surface area contributed by atoms with Gasteiger partial charge in [-0.1, -0.05) is 25.6 Å². The molecule has 1 saturated carbocycles. The largest absolute Gasteiger partial charge is 0.341 e. The van der Waals surface area contributed by atoms with Crippen molar-refractivity contribution in [3.05, 3.63) is 22.6 Å². The third-order valence-corrected chi connectivity index (χ3v) is 5.24. The average Bonchev–Trinajstić information content (AvgIpc) is 3.28. The first kappa shape index (κ1) is 15.6. The van der Waals surface area contributed by atoms with E-state index in [1.165, 1.54) is 24.2 Å². The van der Waals surface area contributed by atoms with E-state index in [0.717, 1.165) is 25.9 Å². The second-order valence-corrected chi connectivity index (χ2v) is 7.66. The highest BCUT2D eigenvalue weighted by atomic mass is 32.2. The van der Waals surface area contributed by atoms with Crippen molar-refractivity contribution in [1.82, 2.24) is 14.5 Å². The van der Waals surface area contributed by atoms with Crippen LogP contribution in [0.5, 0.6) is 0 Å². The minimum absolute atomic E-state index is 0.156. The number of carbonyl (C=O) groups excluding carboxylic acids is 1. The van der Waals surface area contributed by atoms with Crippen molar-refractivity contribution in [3.63, 3.8) is 0 Å². The first-order chi connectivity index (χ1) is 10.5. The molecule has 2 atom stereocenters. The lowest BCUT2D eigenvalue weighted by Gasteiger charge is -2.35. The Morgan fingerprint density at radius 1 is 1.32 bits per heavy atom. The van der Waals surface area contributed by atoms with Crippen molar-refractivity contribution in [2.75, 3.05) is 18.8 Å². The molecule has 6 heteroatoms. The lowest BCUT2D eigenvalue weighted by molar-refractivity contribution is -0.130. The van der Waals surface area contributed by atoms with Crippen LogP contribution < -0.4 is 5.56 Å². The summed E-state index contributed by atoms with van der Waals surface area (Å²) in [6.45, 7) is 6.10. The molecule has 1 amide bonds. The quantitative estimate of drug-likeness (QED) is 0.630. The van der Waals surface area contributed by atoms with Gasteiger partial charge in [0.05, 0.1) is 5.75 Å². The summed E-state index contributed by atoms with van der Waals surface area (Å²) in [7, 11) is 0. The van der Waals surface area contributed by atoms with Crippen LogP contribution in [0.2, 0.25) is 0 Å². The van der Waals surface area contributed by atoms with E-state index in [0.29, 0.717) is 28.8 Å². The molecule has 0 unspecified atom stereocenters. The summed E-state index contributed by atoms with van der Waals surface area (Å²) in [5, 5.41) is 0.682. The Balaban J connectivity index is 1.63. The maximum absolute atomic E-state index is 12.4. The first-order valence-corrected chi connectivity index (χ1v) is 9.01. The van der Waals surface area contributed by atoms with E-state index in [1.54, 1.807) is 0 Å². The summed E-state index contributed by atoms with van der Waals surface area (Å²) in [4.78, 5) is 30.0. The topological polar surface area (TPSA) is 55.2 Å². The van der Waals surface area contributed by atoms with Gasteiger partial charge in [-0.25, -0.2) is 0 Å². The van der Waals surface area contributed by atoms with E-state index in [9.17, 15) is 9.59 Å². The second-order valence-electron chi connectivity index (χ2n) is 6.72. The van der Waals surface area contributed by atoms with Gasteiger partial charge >= 0.3 is 0 Å². The van der Waals surface area contributed by atoms with Crippen molar-refractivity contribution in [1.29, 1.82) is 0 Å². The number of hydrogen-bond donors (Lipinski definition) is 0. The molecule has 1 aliphatic carbocycles. The minimum Gasteiger partial charge on any atom is -0.341 e. The van der Waals surface area contributed by atoms with E-state index >= 15 is 0 Å². The van der Waals surface area contributed by atoms with Crippen LogP contribution in [-0.2, 0) is 4.79 Å². The monoisotopic (exact) mass is 321 g/mol. The van der Waals surface area contributed by atoms with Crippen LogP contribution >= 0.6 is 11.8 Å². The van der Waals surface area contributed by atoms with Crippen molar-refractivity contribution in [2.45, 2.75) is 44.3 Å². The van der Waals surface area contributed by atoms with Crippen LogP contribution in [0, 0.1) is 11.8 Å². The normalized spacial score (nSPS) is 25.3. The summed E-state index contributed by atoms with van der Waals surface area (Å²) in [5.74, 6) is 1.65. The lowest BCUT2D eigenvalue weighted by Crippen LogP contribution is -2.43. The maximum Gasteiger partial charge on any atom is 0.273 e. The fourth-order valence-electron chi connectivity index (χ4n) is 3.22. The molecule has 0 bridgehead atoms. The predicted molar refractivity (Wildman–Crippen MR) is 87.0 cm³/mol. The molecule has 0 N–H and O–H groups in total. The molecule has 1 aromatic rings. The number of hydrogen-bond acceptors (Lipinski definition) is 4. The Morgan fingerprint density at radius 3 is 2.64 bits per heavy atom. The van der Waals surface area contributed by atoms with Crippen molar-refractivity contribution < 1.29 is 4.79 Å². The van der Waals surface area contributed by atoms with Crippen molar-refractivity contribution >= 4 is 17.7 Å². The van der Waals surface area contributed by atoms with Gasteiger partial charge in [-0.2, -0.15) is 4.98 Å². The zero-order valence-corrected chi connectivity index (χ0v) is 14.0.